The molecule has 0 bridgehead atoms. The van der Waals surface area contributed by atoms with Gasteiger partial charge in [-0.1, -0.05) is 0 Å². The van der Waals surface area contributed by atoms with E-state index in [9.17, 15) is 9.59 Å². The molecule has 1 aromatic rings. The maximum absolute atomic E-state index is 12.2. The van der Waals surface area contributed by atoms with Crippen LogP contribution in [0, 0.1) is 0 Å². The quantitative estimate of drug-likeness (QED) is 0.810. The van der Waals surface area contributed by atoms with Crippen LogP contribution in [0.4, 0.5) is 5.69 Å². The van der Waals surface area contributed by atoms with Gasteiger partial charge in [-0.2, -0.15) is 0 Å². The first-order valence-corrected chi connectivity index (χ1v) is 6.51. The van der Waals surface area contributed by atoms with E-state index in [1.807, 2.05) is 6.92 Å². The fraction of sp³-hybridized carbons (Fsp3) is 0.538. The number of amides is 2. The summed E-state index contributed by atoms with van der Waals surface area (Å²) in [5.41, 5.74) is 6.77. The molecule has 1 aliphatic carbocycles. The molecule has 0 radical (unpaired) electrons. The SMILES string of the molecule is CCn1cc(N)cc1C(=O)N(C)CC(=O)NC1CC1. The predicted molar refractivity (Wildman–Crippen MR) is 72.6 cm³/mol. The number of rotatable bonds is 5. The highest BCUT2D eigenvalue weighted by atomic mass is 16.2. The topological polar surface area (TPSA) is 80.4 Å². The predicted octanol–water partition coefficient (Wildman–Crippen LogP) is 0.441. The molecule has 1 aromatic heterocycles. The second-order valence-electron chi connectivity index (χ2n) is 4.95. The lowest BCUT2D eigenvalue weighted by Crippen LogP contribution is -2.39. The molecule has 0 unspecified atom stereocenters. The molecule has 0 atom stereocenters. The minimum absolute atomic E-state index is 0.0735. The molecule has 6 heteroatoms. The average molecular weight is 264 g/mol. The van der Waals surface area contributed by atoms with Gasteiger partial charge in [0.1, 0.15) is 5.69 Å². The molecule has 0 spiro atoms. The van der Waals surface area contributed by atoms with E-state index in [0.29, 0.717) is 24.0 Å². The number of aryl methyl sites for hydroxylation is 1. The fourth-order valence-electron chi connectivity index (χ4n) is 1.96. The van der Waals surface area contributed by atoms with Gasteiger partial charge in [0.2, 0.25) is 5.91 Å². The number of aromatic nitrogens is 1. The van der Waals surface area contributed by atoms with Crippen LogP contribution in [-0.4, -0.2) is 40.9 Å². The second kappa shape index (κ2) is 5.34. The third kappa shape index (κ3) is 3.27. The standard InChI is InChI=1S/C13H20N4O2/c1-3-17-7-9(14)6-11(17)13(19)16(2)8-12(18)15-10-4-5-10/h6-7,10H,3-5,8,14H2,1-2H3,(H,15,18). The summed E-state index contributed by atoms with van der Waals surface area (Å²) in [6.45, 7) is 2.68. The summed E-state index contributed by atoms with van der Waals surface area (Å²) in [5.74, 6) is -0.301. The van der Waals surface area contributed by atoms with Crippen molar-refractivity contribution in [2.24, 2.45) is 0 Å². The Morgan fingerprint density at radius 2 is 2.21 bits per heavy atom. The van der Waals surface area contributed by atoms with E-state index in [4.69, 9.17) is 5.73 Å². The van der Waals surface area contributed by atoms with E-state index in [1.54, 1.807) is 23.9 Å². The Balaban J connectivity index is 1.98. The zero-order valence-corrected chi connectivity index (χ0v) is 11.3. The Bertz CT molecular complexity index is 491. The smallest absolute Gasteiger partial charge is 0.270 e. The maximum Gasteiger partial charge on any atom is 0.270 e. The van der Waals surface area contributed by atoms with Crippen LogP contribution in [0.25, 0.3) is 0 Å². The van der Waals surface area contributed by atoms with Crippen molar-refractivity contribution in [3.63, 3.8) is 0 Å². The van der Waals surface area contributed by atoms with Crippen molar-refractivity contribution in [2.45, 2.75) is 32.4 Å². The minimum atomic E-state index is -0.190. The summed E-state index contributed by atoms with van der Waals surface area (Å²) in [7, 11) is 1.62. The van der Waals surface area contributed by atoms with Gasteiger partial charge in [0.15, 0.2) is 0 Å². The summed E-state index contributed by atoms with van der Waals surface area (Å²) in [6, 6.07) is 1.95. The molecule has 2 amide bonds. The van der Waals surface area contributed by atoms with Gasteiger partial charge in [-0.25, -0.2) is 0 Å². The largest absolute Gasteiger partial charge is 0.397 e. The monoisotopic (exact) mass is 264 g/mol. The molecule has 0 saturated heterocycles. The number of hydrogen-bond acceptors (Lipinski definition) is 3. The minimum Gasteiger partial charge on any atom is -0.397 e. The number of carbonyl (C=O) groups excluding carboxylic acids is 2. The van der Waals surface area contributed by atoms with Crippen LogP contribution in [-0.2, 0) is 11.3 Å². The van der Waals surface area contributed by atoms with Crippen molar-refractivity contribution in [3.05, 3.63) is 18.0 Å². The lowest BCUT2D eigenvalue weighted by atomic mass is 10.3. The normalized spacial score (nSPS) is 14.2. The Hall–Kier alpha value is -1.98. The number of nitrogens with zero attached hydrogens (tertiary/aromatic N) is 2. The molecule has 104 valence electrons. The third-order valence-corrected chi connectivity index (χ3v) is 3.15. The first kappa shape index (κ1) is 13.5. The van der Waals surface area contributed by atoms with E-state index in [-0.39, 0.29) is 18.4 Å². The van der Waals surface area contributed by atoms with Crippen LogP contribution in [0.1, 0.15) is 30.3 Å². The van der Waals surface area contributed by atoms with Gasteiger partial charge in [0.05, 0.1) is 12.2 Å². The van der Waals surface area contributed by atoms with Crippen molar-refractivity contribution in [3.8, 4) is 0 Å². The van der Waals surface area contributed by atoms with Crippen LogP contribution in [0.3, 0.4) is 0 Å². The molecule has 1 fully saturated rings. The summed E-state index contributed by atoms with van der Waals surface area (Å²) < 4.78 is 1.78. The van der Waals surface area contributed by atoms with Gasteiger partial charge in [-0.3, -0.25) is 9.59 Å². The highest BCUT2D eigenvalue weighted by Crippen LogP contribution is 2.18. The van der Waals surface area contributed by atoms with Crippen molar-refractivity contribution in [1.82, 2.24) is 14.8 Å². The molecule has 1 heterocycles. The maximum atomic E-state index is 12.2. The van der Waals surface area contributed by atoms with Gasteiger partial charge in [0.25, 0.3) is 5.91 Å². The van der Waals surface area contributed by atoms with E-state index >= 15 is 0 Å². The molecule has 19 heavy (non-hydrogen) atoms. The number of anilines is 1. The van der Waals surface area contributed by atoms with Gasteiger partial charge in [-0.15, -0.1) is 0 Å². The Labute approximate surface area is 112 Å². The van der Waals surface area contributed by atoms with Crippen molar-refractivity contribution in [1.29, 1.82) is 0 Å². The van der Waals surface area contributed by atoms with Gasteiger partial charge < -0.3 is 20.5 Å². The van der Waals surface area contributed by atoms with Crippen LogP contribution in [0.15, 0.2) is 12.3 Å². The van der Waals surface area contributed by atoms with E-state index in [1.165, 1.54) is 4.90 Å². The Kier molecular flexibility index (Phi) is 3.78. The van der Waals surface area contributed by atoms with Gasteiger partial charge in [-0.05, 0) is 25.8 Å². The van der Waals surface area contributed by atoms with Crippen LogP contribution >= 0.6 is 0 Å². The molecule has 6 nitrogen and oxygen atoms in total. The molecular formula is C13H20N4O2. The van der Waals surface area contributed by atoms with Crippen LogP contribution in [0.2, 0.25) is 0 Å². The number of carbonyl (C=O) groups is 2. The number of nitrogens with one attached hydrogen (secondary N) is 1. The molecule has 1 saturated carbocycles. The van der Waals surface area contributed by atoms with Crippen LogP contribution in [0.5, 0.6) is 0 Å². The lowest BCUT2D eigenvalue weighted by Gasteiger charge is -2.17. The zero-order valence-electron chi connectivity index (χ0n) is 11.3. The second-order valence-corrected chi connectivity index (χ2v) is 4.95. The zero-order chi connectivity index (χ0) is 14.0. The highest BCUT2D eigenvalue weighted by Gasteiger charge is 2.25. The molecule has 0 aromatic carbocycles. The van der Waals surface area contributed by atoms with Crippen molar-refractivity contribution in [2.75, 3.05) is 19.3 Å². The van der Waals surface area contributed by atoms with Crippen LogP contribution < -0.4 is 11.1 Å². The van der Waals surface area contributed by atoms with E-state index in [2.05, 4.69) is 5.32 Å². The average Bonchev–Trinajstić information content (AvgIpc) is 3.08. The Morgan fingerprint density at radius 3 is 2.79 bits per heavy atom. The van der Waals surface area contributed by atoms with E-state index in [0.717, 1.165) is 12.8 Å². The number of nitrogen functional groups attached to an aromatic ring is 1. The van der Waals surface area contributed by atoms with Gasteiger partial charge in [0, 0.05) is 25.8 Å². The molecule has 3 N–H and O–H groups in total. The van der Waals surface area contributed by atoms with Crippen molar-refractivity contribution >= 4 is 17.5 Å². The lowest BCUT2D eigenvalue weighted by molar-refractivity contribution is -0.121. The van der Waals surface area contributed by atoms with Crippen molar-refractivity contribution < 1.29 is 9.59 Å². The number of hydrogen-bond donors (Lipinski definition) is 2. The highest BCUT2D eigenvalue weighted by molar-refractivity contribution is 5.96. The summed E-state index contributed by atoms with van der Waals surface area (Å²) in [5, 5.41) is 2.86. The molecular weight excluding hydrogens is 244 g/mol. The van der Waals surface area contributed by atoms with E-state index < -0.39 is 0 Å². The van der Waals surface area contributed by atoms with Gasteiger partial charge >= 0.3 is 0 Å². The fourth-order valence-corrected chi connectivity index (χ4v) is 1.96. The summed E-state index contributed by atoms with van der Waals surface area (Å²) >= 11 is 0. The Morgan fingerprint density at radius 1 is 1.53 bits per heavy atom. The molecule has 1 aliphatic rings. The number of likely N-dealkylation sites (N-methyl/N-ethyl adjacent to an activating group) is 1. The first-order chi connectivity index (χ1) is 9.01. The summed E-state index contributed by atoms with van der Waals surface area (Å²) in [6.07, 6.45) is 3.81. The molecule has 2 rings (SSSR count). The first-order valence-electron chi connectivity index (χ1n) is 6.51. The number of nitrogens with two attached hydrogens (primary N) is 1. The summed E-state index contributed by atoms with van der Waals surface area (Å²) in [4.78, 5) is 25.3. The third-order valence-electron chi connectivity index (χ3n) is 3.15. The molecule has 0 aliphatic heterocycles.